The number of hydrogen-bond donors (Lipinski definition) is 3. The molecule has 2 atom stereocenters. The summed E-state index contributed by atoms with van der Waals surface area (Å²) in [6.45, 7) is 4.00. The van der Waals surface area contributed by atoms with E-state index in [1.165, 1.54) is 4.90 Å². The highest BCUT2D eigenvalue weighted by molar-refractivity contribution is 6.11. The van der Waals surface area contributed by atoms with Crippen LogP contribution in [0, 0.1) is 25.7 Å². The monoisotopic (exact) mass is 304 g/mol. The third-order valence-corrected chi connectivity index (χ3v) is 3.92. The lowest BCUT2D eigenvalue weighted by molar-refractivity contribution is -0.138. The van der Waals surface area contributed by atoms with Gasteiger partial charge in [-0.15, -0.1) is 0 Å². The molecule has 1 heterocycles. The van der Waals surface area contributed by atoms with Crippen molar-refractivity contribution in [3.63, 3.8) is 0 Å². The number of nitrogens with two attached hydrogens (primary N) is 1. The van der Waals surface area contributed by atoms with Crippen LogP contribution in [0.25, 0.3) is 0 Å². The Morgan fingerprint density at radius 3 is 2.55 bits per heavy atom. The minimum atomic E-state index is -1.06. The van der Waals surface area contributed by atoms with Crippen molar-refractivity contribution >= 4 is 23.4 Å². The number of nitrogens with zero attached hydrogens (tertiary/aromatic N) is 1. The highest BCUT2D eigenvalue weighted by Crippen LogP contribution is 2.26. The Balaban J connectivity index is 2.22. The summed E-state index contributed by atoms with van der Waals surface area (Å²) in [6, 6.07) is 5.58. The van der Waals surface area contributed by atoms with E-state index in [0.29, 0.717) is 5.69 Å². The number of rotatable bonds is 3. The average Bonchev–Trinajstić information content (AvgIpc) is 2.77. The van der Waals surface area contributed by atoms with Crippen LogP contribution in [0.3, 0.4) is 0 Å². The summed E-state index contributed by atoms with van der Waals surface area (Å²) in [7, 11) is 1.56. The molecule has 0 aliphatic carbocycles. The van der Waals surface area contributed by atoms with Crippen molar-refractivity contribution < 1.29 is 14.4 Å². The Kier molecular flexibility index (Phi) is 4.46. The first kappa shape index (κ1) is 16.0. The third kappa shape index (κ3) is 2.94. The molecule has 0 unspecified atom stereocenters. The first-order valence-corrected chi connectivity index (χ1v) is 6.98. The summed E-state index contributed by atoms with van der Waals surface area (Å²) in [5.74, 6) is 1.91. The van der Waals surface area contributed by atoms with Gasteiger partial charge in [-0.1, -0.05) is 17.7 Å². The van der Waals surface area contributed by atoms with E-state index in [1.807, 2.05) is 31.4 Å². The molecule has 0 spiro atoms. The molecule has 0 bridgehead atoms. The maximum Gasteiger partial charge on any atom is 0.240 e. The van der Waals surface area contributed by atoms with Crippen LogP contribution in [0.2, 0.25) is 0 Å². The van der Waals surface area contributed by atoms with Gasteiger partial charge in [0.05, 0.1) is 5.92 Å². The second-order valence-corrected chi connectivity index (χ2v) is 5.62. The molecule has 1 saturated heterocycles. The Hall–Kier alpha value is -2.41. The average molecular weight is 304 g/mol. The second kappa shape index (κ2) is 6.15. The molecule has 4 N–H and O–H groups in total. The first-order valence-electron chi connectivity index (χ1n) is 6.98. The number of anilines is 1. The summed E-state index contributed by atoms with van der Waals surface area (Å²) >= 11 is 0. The van der Waals surface area contributed by atoms with E-state index in [-0.39, 0.29) is 12.5 Å². The minimum absolute atomic E-state index is 0.173. The number of likely N-dealkylation sites (tertiary alicyclic amines) is 1. The maximum atomic E-state index is 12.5. The molecule has 3 amide bonds. The highest BCUT2D eigenvalue weighted by atomic mass is 16.2. The molecule has 118 valence electrons. The predicted molar refractivity (Wildman–Crippen MR) is 81.5 cm³/mol. The second-order valence-electron chi connectivity index (χ2n) is 5.62. The normalized spacial score (nSPS) is 20.9. The minimum Gasteiger partial charge on any atom is -0.344 e. The third-order valence-electron chi connectivity index (χ3n) is 3.92. The highest BCUT2D eigenvalue weighted by Gasteiger charge is 2.47. The number of hydrogen-bond acceptors (Lipinski definition) is 4. The van der Waals surface area contributed by atoms with Crippen LogP contribution in [0.5, 0.6) is 0 Å². The van der Waals surface area contributed by atoms with Crippen molar-refractivity contribution in [2.75, 3.05) is 18.9 Å². The Bertz CT molecular complexity index is 629. The molecule has 1 fully saturated rings. The fraction of sp³-hybridized carbons (Fsp3) is 0.400. The number of carbonyl (C=O) groups excluding carboxylic acids is 3. The van der Waals surface area contributed by atoms with Crippen LogP contribution in [-0.2, 0) is 14.4 Å². The van der Waals surface area contributed by atoms with Crippen LogP contribution in [-0.4, -0.2) is 36.2 Å². The van der Waals surface area contributed by atoms with Gasteiger partial charge in [0.1, 0.15) is 5.92 Å². The van der Waals surface area contributed by atoms with Crippen LogP contribution in [0.15, 0.2) is 18.2 Å². The van der Waals surface area contributed by atoms with E-state index >= 15 is 0 Å². The molecule has 1 aromatic carbocycles. The van der Waals surface area contributed by atoms with Gasteiger partial charge in [-0.2, -0.15) is 0 Å². The Morgan fingerprint density at radius 2 is 1.95 bits per heavy atom. The molecular formula is C15H20N4O3. The lowest BCUT2D eigenvalue weighted by atomic mass is 9.93. The summed E-state index contributed by atoms with van der Waals surface area (Å²) < 4.78 is 0. The predicted octanol–water partition coefficient (Wildman–Crippen LogP) is -0.0638. The molecule has 0 aromatic heterocycles. The molecule has 7 heteroatoms. The fourth-order valence-electron chi connectivity index (χ4n) is 2.70. The maximum absolute atomic E-state index is 12.5. The molecule has 0 radical (unpaired) electrons. The lowest BCUT2D eigenvalue weighted by Crippen LogP contribution is -2.43. The summed E-state index contributed by atoms with van der Waals surface area (Å²) in [4.78, 5) is 37.8. The van der Waals surface area contributed by atoms with Crippen molar-refractivity contribution in [1.82, 2.24) is 10.3 Å². The largest absolute Gasteiger partial charge is 0.344 e. The molecule has 1 aliphatic rings. The zero-order valence-corrected chi connectivity index (χ0v) is 12.8. The number of nitrogens with one attached hydrogen (secondary N) is 2. The summed E-state index contributed by atoms with van der Waals surface area (Å²) in [5.41, 5.74) is 4.62. The van der Waals surface area contributed by atoms with Gasteiger partial charge in [0.25, 0.3) is 0 Å². The summed E-state index contributed by atoms with van der Waals surface area (Å²) in [5, 5.41) is 2.73. The number of amides is 3. The van der Waals surface area contributed by atoms with Crippen LogP contribution in [0.1, 0.15) is 11.1 Å². The van der Waals surface area contributed by atoms with Gasteiger partial charge in [0.2, 0.25) is 17.7 Å². The summed E-state index contributed by atoms with van der Waals surface area (Å²) in [6.07, 6.45) is 0. The topological polar surface area (TPSA) is 105 Å². The molecule has 22 heavy (non-hydrogen) atoms. The molecule has 7 nitrogen and oxygen atoms in total. The van der Waals surface area contributed by atoms with Crippen molar-refractivity contribution in [2.24, 2.45) is 17.7 Å². The smallest absolute Gasteiger partial charge is 0.240 e. The zero-order chi connectivity index (χ0) is 16.4. The van der Waals surface area contributed by atoms with Gasteiger partial charge in [0.15, 0.2) is 0 Å². The van der Waals surface area contributed by atoms with E-state index < -0.39 is 23.7 Å². The van der Waals surface area contributed by atoms with E-state index in [9.17, 15) is 14.4 Å². The van der Waals surface area contributed by atoms with E-state index in [0.717, 1.165) is 11.1 Å². The number of aryl methyl sites for hydroxylation is 2. The van der Waals surface area contributed by atoms with E-state index in [4.69, 9.17) is 5.84 Å². The van der Waals surface area contributed by atoms with Gasteiger partial charge in [-0.05, 0) is 25.5 Å². The SMILES string of the molecule is Cc1ccc(NC(=O)[C@H]2C(=O)N(C)C[C@@H]2C(=O)NN)c(C)c1. The Morgan fingerprint density at radius 1 is 1.27 bits per heavy atom. The van der Waals surface area contributed by atoms with Crippen molar-refractivity contribution in [3.05, 3.63) is 29.3 Å². The molecule has 2 rings (SSSR count). The fourth-order valence-corrected chi connectivity index (χ4v) is 2.70. The van der Waals surface area contributed by atoms with Gasteiger partial charge in [0, 0.05) is 19.3 Å². The molecular weight excluding hydrogens is 284 g/mol. The quantitative estimate of drug-likeness (QED) is 0.315. The van der Waals surface area contributed by atoms with E-state index in [2.05, 4.69) is 5.32 Å². The van der Waals surface area contributed by atoms with Crippen LogP contribution >= 0.6 is 0 Å². The first-order chi connectivity index (χ1) is 10.3. The van der Waals surface area contributed by atoms with E-state index in [1.54, 1.807) is 13.1 Å². The standard InChI is InChI=1S/C15H20N4O3/c1-8-4-5-11(9(2)6-8)17-14(21)12-10(13(20)18-16)7-19(3)15(12)22/h4-6,10,12H,7,16H2,1-3H3,(H,17,21)(H,18,20)/t10-,12-/m0/s1. The Labute approximate surface area is 128 Å². The zero-order valence-electron chi connectivity index (χ0n) is 12.8. The van der Waals surface area contributed by atoms with Crippen molar-refractivity contribution in [3.8, 4) is 0 Å². The molecule has 0 saturated carbocycles. The van der Waals surface area contributed by atoms with Crippen molar-refractivity contribution in [2.45, 2.75) is 13.8 Å². The lowest BCUT2D eigenvalue weighted by Gasteiger charge is -2.16. The number of carbonyl (C=O) groups is 3. The number of hydrazine groups is 1. The van der Waals surface area contributed by atoms with Gasteiger partial charge in [-0.25, -0.2) is 5.84 Å². The van der Waals surface area contributed by atoms with Gasteiger partial charge < -0.3 is 10.2 Å². The van der Waals surface area contributed by atoms with Crippen LogP contribution in [0.4, 0.5) is 5.69 Å². The molecule has 1 aromatic rings. The number of benzene rings is 1. The van der Waals surface area contributed by atoms with Crippen LogP contribution < -0.4 is 16.6 Å². The molecule has 1 aliphatic heterocycles. The van der Waals surface area contributed by atoms with Crippen molar-refractivity contribution in [1.29, 1.82) is 0 Å². The van der Waals surface area contributed by atoms with Gasteiger partial charge >= 0.3 is 0 Å². The van der Waals surface area contributed by atoms with Gasteiger partial charge in [-0.3, -0.25) is 19.8 Å².